The topological polar surface area (TPSA) is 52.5 Å². The van der Waals surface area contributed by atoms with Crippen LogP contribution in [-0.2, 0) is 0 Å². The number of nitrogens with one attached hydrogen (secondary N) is 1. The molecule has 3 nitrogen and oxygen atoms in total. The molecule has 0 saturated heterocycles. The van der Waals surface area contributed by atoms with Gasteiger partial charge in [-0.3, -0.25) is 0 Å². The van der Waals surface area contributed by atoms with Crippen molar-refractivity contribution in [3.05, 3.63) is 0 Å². The first-order chi connectivity index (χ1) is 18.4. The second-order valence-electron chi connectivity index (χ2n) is 11.8. The Morgan fingerprint density at radius 2 is 0.378 bits per heavy atom. The molecule has 0 aliphatic rings. The van der Waals surface area contributed by atoms with E-state index in [4.69, 9.17) is 10.2 Å². The predicted molar refractivity (Wildman–Crippen MR) is 166 cm³/mol. The smallest absolute Gasteiger partial charge is 0.0431 e. The van der Waals surface area contributed by atoms with Crippen molar-refractivity contribution >= 4 is 0 Å². The second-order valence-corrected chi connectivity index (χ2v) is 11.8. The van der Waals surface area contributed by atoms with Gasteiger partial charge in [0.1, 0.15) is 0 Å². The molecule has 0 unspecified atom stereocenters. The van der Waals surface area contributed by atoms with Gasteiger partial charge in [0.05, 0.1) is 0 Å². The van der Waals surface area contributed by atoms with Gasteiger partial charge in [0.2, 0.25) is 0 Å². The normalized spacial score (nSPS) is 11.5. The van der Waals surface area contributed by atoms with Crippen LogP contribution in [0, 0.1) is 0 Å². The number of aliphatic hydroxyl groups is 2. The van der Waals surface area contributed by atoms with Crippen LogP contribution in [-0.4, -0.2) is 36.5 Å². The van der Waals surface area contributed by atoms with Crippen molar-refractivity contribution in [3.8, 4) is 0 Å². The average Bonchev–Trinajstić information content (AvgIpc) is 2.91. The van der Waals surface area contributed by atoms with E-state index in [2.05, 4.69) is 5.32 Å². The molecule has 0 aliphatic heterocycles. The van der Waals surface area contributed by atoms with Crippen molar-refractivity contribution in [3.63, 3.8) is 0 Å². The molecule has 0 saturated carbocycles. The van der Waals surface area contributed by atoms with Crippen molar-refractivity contribution in [1.82, 2.24) is 5.32 Å². The lowest BCUT2D eigenvalue weighted by atomic mass is 10.0. The van der Waals surface area contributed by atoms with Gasteiger partial charge in [0, 0.05) is 13.2 Å². The zero-order chi connectivity index (χ0) is 26.7. The van der Waals surface area contributed by atoms with Crippen LogP contribution in [0.15, 0.2) is 0 Å². The number of unbranched alkanes of at least 4 members (excludes halogenated alkanes) is 28. The maximum Gasteiger partial charge on any atom is 0.0431 e. The van der Waals surface area contributed by atoms with Gasteiger partial charge in [-0.05, 0) is 38.8 Å². The molecule has 0 aromatic heterocycles. The van der Waals surface area contributed by atoms with Crippen molar-refractivity contribution in [2.45, 2.75) is 193 Å². The molecule has 37 heavy (non-hydrogen) atoms. The molecule has 0 amide bonds. The zero-order valence-corrected chi connectivity index (χ0v) is 25.4. The maximum atomic E-state index is 8.78. The summed E-state index contributed by atoms with van der Waals surface area (Å²) in [5, 5.41) is 21.2. The molecule has 0 heterocycles. The SMILES string of the molecule is OCCCCCCCCCCCCCCCCCCNCCCCCCCCCCCCCCCCO. The highest BCUT2D eigenvalue weighted by Gasteiger charge is 1.97. The van der Waals surface area contributed by atoms with E-state index in [1.54, 1.807) is 0 Å². The van der Waals surface area contributed by atoms with E-state index < -0.39 is 0 Å². The molecule has 0 aliphatic carbocycles. The van der Waals surface area contributed by atoms with Crippen molar-refractivity contribution in [2.24, 2.45) is 0 Å². The molecular weight excluding hydrogens is 454 g/mol. The van der Waals surface area contributed by atoms with Gasteiger partial charge in [-0.15, -0.1) is 0 Å². The summed E-state index contributed by atoms with van der Waals surface area (Å²) in [6.45, 7) is 3.19. The minimum absolute atomic E-state index is 0.368. The van der Waals surface area contributed by atoms with E-state index in [-0.39, 0.29) is 0 Å². The van der Waals surface area contributed by atoms with E-state index in [9.17, 15) is 0 Å². The minimum atomic E-state index is 0.368. The summed E-state index contributed by atoms with van der Waals surface area (Å²) in [5.41, 5.74) is 0. The van der Waals surface area contributed by atoms with Crippen LogP contribution in [0.25, 0.3) is 0 Å². The number of hydrogen-bond donors (Lipinski definition) is 3. The van der Waals surface area contributed by atoms with Gasteiger partial charge in [0.25, 0.3) is 0 Å². The molecule has 3 N–H and O–H groups in total. The summed E-state index contributed by atoms with van der Waals surface area (Å²) in [6, 6.07) is 0. The number of aliphatic hydroxyl groups excluding tert-OH is 2. The van der Waals surface area contributed by atoms with Crippen molar-refractivity contribution < 1.29 is 10.2 Å². The Bertz CT molecular complexity index is 343. The monoisotopic (exact) mass is 526 g/mol. The predicted octanol–water partition coefficient (Wildman–Crippen LogP) is 10.3. The van der Waals surface area contributed by atoms with Gasteiger partial charge < -0.3 is 15.5 Å². The van der Waals surface area contributed by atoms with Crippen LogP contribution >= 0.6 is 0 Å². The molecule has 3 heteroatoms. The third-order valence-corrected chi connectivity index (χ3v) is 8.02. The van der Waals surface area contributed by atoms with Crippen LogP contribution in [0.5, 0.6) is 0 Å². The molecule has 0 radical (unpaired) electrons. The zero-order valence-electron chi connectivity index (χ0n) is 25.4. The fourth-order valence-corrected chi connectivity index (χ4v) is 5.44. The summed E-state index contributed by atoms with van der Waals surface area (Å²) in [4.78, 5) is 0. The molecule has 0 fully saturated rings. The minimum Gasteiger partial charge on any atom is -0.396 e. The Kier molecular flexibility index (Phi) is 35.8. The second kappa shape index (κ2) is 35.9. The van der Waals surface area contributed by atoms with Crippen LogP contribution in [0.1, 0.15) is 193 Å². The number of rotatable bonds is 34. The van der Waals surface area contributed by atoms with E-state index >= 15 is 0 Å². The molecule has 0 bridgehead atoms. The Hall–Kier alpha value is -0.120. The fraction of sp³-hybridized carbons (Fsp3) is 1.00. The number of hydrogen-bond acceptors (Lipinski definition) is 3. The summed E-state index contributed by atoms with van der Waals surface area (Å²) >= 11 is 0. The highest BCUT2D eigenvalue weighted by molar-refractivity contribution is 4.54. The summed E-state index contributed by atoms with van der Waals surface area (Å²) in [7, 11) is 0. The lowest BCUT2D eigenvalue weighted by molar-refractivity contribution is 0.282. The molecule has 0 rings (SSSR count). The summed E-state index contributed by atoms with van der Waals surface area (Å²) in [5.74, 6) is 0. The summed E-state index contributed by atoms with van der Waals surface area (Å²) < 4.78 is 0. The van der Waals surface area contributed by atoms with E-state index in [1.807, 2.05) is 0 Å². The summed E-state index contributed by atoms with van der Waals surface area (Å²) in [6.07, 6.45) is 41.1. The molecule has 0 aromatic rings. The maximum absolute atomic E-state index is 8.78. The van der Waals surface area contributed by atoms with Crippen LogP contribution in [0.2, 0.25) is 0 Å². The van der Waals surface area contributed by atoms with E-state index in [0.29, 0.717) is 13.2 Å². The molecule has 224 valence electrons. The standard InChI is InChI=1S/C34H71NO2/c36-33-29-25-21-17-13-9-5-2-1-3-7-11-15-19-23-27-31-35-32-28-24-20-16-12-8-4-6-10-14-18-22-26-30-34-37/h35-37H,1-34H2. The van der Waals surface area contributed by atoms with Gasteiger partial charge in [-0.25, -0.2) is 0 Å². The van der Waals surface area contributed by atoms with E-state index in [0.717, 1.165) is 12.8 Å². The lowest BCUT2D eigenvalue weighted by Crippen LogP contribution is -2.16. The van der Waals surface area contributed by atoms with Crippen molar-refractivity contribution in [2.75, 3.05) is 26.3 Å². The first kappa shape index (κ1) is 36.9. The first-order valence-corrected chi connectivity index (χ1v) is 17.3. The lowest BCUT2D eigenvalue weighted by Gasteiger charge is -2.06. The van der Waals surface area contributed by atoms with Gasteiger partial charge >= 0.3 is 0 Å². The quantitative estimate of drug-likeness (QED) is 0.0732. The molecule has 0 spiro atoms. The van der Waals surface area contributed by atoms with Gasteiger partial charge in [-0.2, -0.15) is 0 Å². The third-order valence-electron chi connectivity index (χ3n) is 8.02. The fourth-order valence-electron chi connectivity index (χ4n) is 5.44. The highest BCUT2D eigenvalue weighted by Crippen LogP contribution is 2.14. The first-order valence-electron chi connectivity index (χ1n) is 17.3. The Labute approximate surface area is 234 Å². The molecular formula is C34H71NO2. The Morgan fingerprint density at radius 1 is 0.216 bits per heavy atom. The van der Waals surface area contributed by atoms with Gasteiger partial charge in [-0.1, -0.05) is 167 Å². The van der Waals surface area contributed by atoms with Crippen molar-refractivity contribution in [1.29, 1.82) is 0 Å². The Balaban J connectivity index is 3.00. The molecule has 0 aromatic carbocycles. The molecule has 0 atom stereocenters. The average molecular weight is 526 g/mol. The third kappa shape index (κ3) is 35.9. The van der Waals surface area contributed by atoms with Gasteiger partial charge in [0.15, 0.2) is 0 Å². The Morgan fingerprint density at radius 3 is 0.568 bits per heavy atom. The van der Waals surface area contributed by atoms with Crippen LogP contribution < -0.4 is 5.32 Å². The van der Waals surface area contributed by atoms with E-state index in [1.165, 1.54) is 193 Å². The van der Waals surface area contributed by atoms with Crippen LogP contribution in [0.3, 0.4) is 0 Å². The highest BCUT2D eigenvalue weighted by atomic mass is 16.3. The van der Waals surface area contributed by atoms with Crippen LogP contribution in [0.4, 0.5) is 0 Å². The largest absolute Gasteiger partial charge is 0.396 e.